The standard InChI is InChI=1S/C11H10O4.C2H6O2/c12-10-8-2-3-9(5-4-8)11(13)15-7-1-6-14-10;3-1-2-4/h2-5H,1,6-7H2;3-4H,1-2H2. The Balaban J connectivity index is 0.000000399. The maximum atomic E-state index is 11.4. The molecule has 0 spiro atoms. The summed E-state index contributed by atoms with van der Waals surface area (Å²) in [7, 11) is 0. The summed E-state index contributed by atoms with van der Waals surface area (Å²) in [5.74, 6) is -0.730. The van der Waals surface area contributed by atoms with Crippen LogP contribution in [0.3, 0.4) is 0 Å². The van der Waals surface area contributed by atoms with Crippen LogP contribution in [0.2, 0.25) is 0 Å². The minimum absolute atomic E-state index is 0.125. The number of rotatable bonds is 1. The number of aliphatic hydroxyl groups excluding tert-OH is 2. The molecule has 2 bridgehead atoms. The van der Waals surface area contributed by atoms with Crippen LogP contribution in [0.5, 0.6) is 0 Å². The third-order valence-electron chi connectivity index (χ3n) is 2.21. The molecule has 0 unspecified atom stereocenters. The predicted molar refractivity (Wildman–Crippen MR) is 65.8 cm³/mol. The van der Waals surface area contributed by atoms with Gasteiger partial charge < -0.3 is 19.7 Å². The molecule has 2 aliphatic heterocycles. The van der Waals surface area contributed by atoms with Crippen LogP contribution in [0.25, 0.3) is 0 Å². The molecule has 1 aromatic carbocycles. The second-order valence-corrected chi connectivity index (χ2v) is 3.65. The second-order valence-electron chi connectivity index (χ2n) is 3.65. The molecule has 6 nitrogen and oxygen atoms in total. The molecule has 2 heterocycles. The molecular weight excluding hydrogens is 252 g/mol. The minimum atomic E-state index is -0.365. The summed E-state index contributed by atoms with van der Waals surface area (Å²) in [4.78, 5) is 22.8. The fourth-order valence-corrected chi connectivity index (χ4v) is 1.30. The molecular formula is C13H16O6. The van der Waals surface area contributed by atoms with Crippen molar-refractivity contribution in [1.29, 1.82) is 0 Å². The van der Waals surface area contributed by atoms with Crippen LogP contribution in [0.1, 0.15) is 27.1 Å². The van der Waals surface area contributed by atoms with Crippen molar-refractivity contribution in [3.05, 3.63) is 35.4 Å². The van der Waals surface area contributed by atoms with Crippen molar-refractivity contribution < 1.29 is 29.3 Å². The van der Waals surface area contributed by atoms with Gasteiger partial charge in [0, 0.05) is 6.42 Å². The van der Waals surface area contributed by atoms with Gasteiger partial charge in [-0.25, -0.2) is 9.59 Å². The summed E-state index contributed by atoms with van der Waals surface area (Å²) in [6, 6.07) is 6.24. The highest BCUT2D eigenvalue weighted by molar-refractivity contribution is 5.93. The van der Waals surface area contributed by atoms with E-state index in [2.05, 4.69) is 0 Å². The number of carbonyl (C=O) groups excluding carboxylic acids is 2. The molecule has 0 fully saturated rings. The third-order valence-corrected chi connectivity index (χ3v) is 2.21. The van der Waals surface area contributed by atoms with Crippen molar-refractivity contribution in [2.24, 2.45) is 0 Å². The zero-order valence-corrected chi connectivity index (χ0v) is 10.4. The quantitative estimate of drug-likeness (QED) is 0.715. The van der Waals surface area contributed by atoms with Crippen molar-refractivity contribution >= 4 is 11.9 Å². The van der Waals surface area contributed by atoms with Gasteiger partial charge in [-0.3, -0.25) is 0 Å². The second kappa shape index (κ2) is 8.23. The first-order chi connectivity index (χ1) is 9.19. The van der Waals surface area contributed by atoms with Crippen LogP contribution in [-0.2, 0) is 9.47 Å². The van der Waals surface area contributed by atoms with Crippen LogP contribution in [-0.4, -0.2) is 48.6 Å². The lowest BCUT2D eigenvalue weighted by atomic mass is 10.1. The van der Waals surface area contributed by atoms with Crippen LogP contribution < -0.4 is 0 Å². The fraction of sp³-hybridized carbons (Fsp3) is 0.385. The Bertz CT molecular complexity index is 373. The Labute approximate surface area is 110 Å². The van der Waals surface area contributed by atoms with E-state index in [1.165, 1.54) is 0 Å². The normalized spacial score (nSPS) is 14.6. The Kier molecular flexibility index (Phi) is 6.56. The number of ether oxygens (including phenoxy) is 2. The van der Waals surface area contributed by atoms with Crippen LogP contribution >= 0.6 is 0 Å². The van der Waals surface area contributed by atoms with Crippen molar-refractivity contribution in [2.45, 2.75) is 6.42 Å². The number of carbonyl (C=O) groups is 2. The van der Waals surface area contributed by atoms with Crippen LogP contribution in [0.15, 0.2) is 24.3 Å². The highest BCUT2D eigenvalue weighted by Gasteiger charge is 2.12. The monoisotopic (exact) mass is 268 g/mol. The summed E-state index contributed by atoms with van der Waals surface area (Å²) < 4.78 is 9.92. The predicted octanol–water partition coefficient (Wildman–Crippen LogP) is 0.375. The molecule has 1 aromatic rings. The summed E-state index contributed by atoms with van der Waals surface area (Å²) >= 11 is 0. The molecule has 0 radical (unpaired) electrons. The summed E-state index contributed by atoms with van der Waals surface area (Å²) in [5, 5.41) is 15.2. The van der Waals surface area contributed by atoms with E-state index >= 15 is 0 Å². The van der Waals surface area contributed by atoms with Crippen LogP contribution in [0, 0.1) is 0 Å². The van der Waals surface area contributed by atoms with Gasteiger partial charge in [0.1, 0.15) is 0 Å². The van der Waals surface area contributed by atoms with Crippen molar-refractivity contribution in [2.75, 3.05) is 26.4 Å². The molecule has 0 aromatic heterocycles. The van der Waals surface area contributed by atoms with E-state index in [0.29, 0.717) is 17.5 Å². The first-order valence-corrected chi connectivity index (χ1v) is 5.85. The zero-order valence-electron chi connectivity index (χ0n) is 10.4. The maximum absolute atomic E-state index is 11.4. The minimum Gasteiger partial charge on any atom is -0.462 e. The lowest BCUT2D eigenvalue weighted by Crippen LogP contribution is -2.08. The van der Waals surface area contributed by atoms with Gasteiger partial charge in [-0.15, -0.1) is 0 Å². The molecule has 0 aliphatic carbocycles. The van der Waals surface area contributed by atoms with Gasteiger partial charge in [0.25, 0.3) is 0 Å². The highest BCUT2D eigenvalue weighted by atomic mass is 16.5. The molecule has 19 heavy (non-hydrogen) atoms. The van der Waals surface area contributed by atoms with Gasteiger partial charge in [-0.05, 0) is 24.3 Å². The van der Waals surface area contributed by atoms with Crippen molar-refractivity contribution in [3.8, 4) is 0 Å². The Morgan fingerprint density at radius 3 is 1.53 bits per heavy atom. The molecule has 0 saturated carbocycles. The Morgan fingerprint density at radius 1 is 0.842 bits per heavy atom. The number of hydrogen-bond donors (Lipinski definition) is 2. The Hall–Kier alpha value is -1.92. The molecule has 2 N–H and O–H groups in total. The number of esters is 2. The maximum Gasteiger partial charge on any atom is 0.338 e. The smallest absolute Gasteiger partial charge is 0.338 e. The van der Waals surface area contributed by atoms with Crippen molar-refractivity contribution in [3.63, 3.8) is 0 Å². The number of benzene rings is 1. The largest absolute Gasteiger partial charge is 0.462 e. The summed E-state index contributed by atoms with van der Waals surface area (Å²) in [5.41, 5.74) is 0.905. The van der Waals surface area contributed by atoms with Gasteiger partial charge in [0.2, 0.25) is 0 Å². The Morgan fingerprint density at radius 2 is 1.21 bits per heavy atom. The first kappa shape index (κ1) is 15.1. The van der Waals surface area contributed by atoms with Gasteiger partial charge in [-0.1, -0.05) is 0 Å². The zero-order chi connectivity index (χ0) is 14.1. The SMILES string of the molecule is O=C1OCCCOC(=O)c2ccc1cc2.OCCO. The van der Waals surface area contributed by atoms with Gasteiger partial charge in [0.05, 0.1) is 37.6 Å². The van der Waals surface area contributed by atoms with Gasteiger partial charge in [0.15, 0.2) is 0 Å². The molecule has 0 amide bonds. The highest BCUT2D eigenvalue weighted by Crippen LogP contribution is 2.09. The fourth-order valence-electron chi connectivity index (χ4n) is 1.30. The topological polar surface area (TPSA) is 93.1 Å². The molecule has 104 valence electrons. The van der Waals surface area contributed by atoms with E-state index < -0.39 is 0 Å². The first-order valence-electron chi connectivity index (χ1n) is 5.85. The summed E-state index contributed by atoms with van der Waals surface area (Å²) in [6.45, 7) is 0.291. The van der Waals surface area contributed by atoms with Gasteiger partial charge in [-0.2, -0.15) is 0 Å². The van der Waals surface area contributed by atoms with E-state index in [9.17, 15) is 9.59 Å². The number of fused-ring (bicyclic) bond motifs is 8. The van der Waals surface area contributed by atoms with Crippen LogP contribution in [0.4, 0.5) is 0 Å². The molecule has 3 rings (SSSR count). The summed E-state index contributed by atoms with van der Waals surface area (Å²) in [6.07, 6.45) is 0.526. The van der Waals surface area contributed by atoms with Crippen molar-refractivity contribution in [1.82, 2.24) is 0 Å². The number of aliphatic hydroxyl groups is 2. The molecule has 2 aliphatic rings. The van der Waals surface area contributed by atoms with E-state index in [4.69, 9.17) is 19.7 Å². The number of hydrogen-bond acceptors (Lipinski definition) is 6. The van der Waals surface area contributed by atoms with Gasteiger partial charge >= 0.3 is 11.9 Å². The van der Waals surface area contributed by atoms with E-state index in [1.54, 1.807) is 24.3 Å². The lowest BCUT2D eigenvalue weighted by molar-refractivity contribution is 0.0401. The molecule has 6 heteroatoms. The average molecular weight is 268 g/mol. The average Bonchev–Trinajstić information content (AvgIpc) is 2.50. The van der Waals surface area contributed by atoms with E-state index in [0.717, 1.165) is 0 Å². The third kappa shape index (κ3) is 5.07. The molecule has 0 atom stereocenters. The van der Waals surface area contributed by atoms with E-state index in [1.807, 2.05) is 0 Å². The van der Waals surface area contributed by atoms with E-state index in [-0.39, 0.29) is 38.4 Å². The lowest BCUT2D eigenvalue weighted by Gasteiger charge is -2.02. The molecule has 0 saturated heterocycles.